The quantitative estimate of drug-likeness (QED) is 0.475. The second kappa shape index (κ2) is 9.17. The van der Waals surface area contributed by atoms with E-state index in [1.54, 1.807) is 12.1 Å². The summed E-state index contributed by atoms with van der Waals surface area (Å²) in [4.78, 5) is 13.7. The zero-order valence-electron chi connectivity index (χ0n) is 19.1. The molecule has 158 valence electrons. The summed E-state index contributed by atoms with van der Waals surface area (Å²) in [6.45, 7) is 18.8. The van der Waals surface area contributed by atoms with E-state index in [9.17, 15) is 4.79 Å². The molecule has 0 aliphatic rings. The predicted molar refractivity (Wildman–Crippen MR) is 121 cm³/mol. The monoisotopic (exact) mass is 416 g/mol. The third-order valence-corrected chi connectivity index (χ3v) is 5.29. The molecule has 0 bridgehead atoms. The van der Waals surface area contributed by atoms with Crippen molar-refractivity contribution in [2.45, 2.75) is 75.0 Å². The number of aryl methyl sites for hydroxylation is 1. The molecule has 1 aromatic carbocycles. The molecule has 0 aliphatic heterocycles. The van der Waals surface area contributed by atoms with E-state index in [0.717, 1.165) is 16.7 Å². The third kappa shape index (κ3) is 4.92. The molecule has 29 heavy (non-hydrogen) atoms. The average Bonchev–Trinajstić information content (AvgIpc) is 2.87. The first kappa shape index (κ1) is 23.2. The number of carbonyl (C=O) groups excluding carboxylic acids is 1. The second-order valence-corrected chi connectivity index (χ2v) is 8.96. The number of benzene rings is 1. The molecule has 2 rings (SSSR count). The van der Waals surface area contributed by atoms with E-state index in [4.69, 9.17) is 16.3 Å². The minimum Gasteiger partial charge on any atom is -0.475 e. The van der Waals surface area contributed by atoms with Gasteiger partial charge in [-0.2, -0.15) is 5.10 Å². The Labute approximate surface area is 179 Å². The summed E-state index contributed by atoms with van der Waals surface area (Å²) in [7, 11) is 0. The van der Waals surface area contributed by atoms with Crippen molar-refractivity contribution >= 4 is 23.0 Å². The Morgan fingerprint density at radius 2 is 1.72 bits per heavy atom. The molecule has 1 aromatic heterocycles. The Morgan fingerprint density at radius 1 is 1.10 bits per heavy atom. The lowest BCUT2D eigenvalue weighted by Crippen LogP contribution is -2.16. The molecular weight excluding hydrogens is 384 g/mol. The molecule has 0 radical (unpaired) electrons. The normalized spacial score (nSPS) is 11.3. The summed E-state index contributed by atoms with van der Waals surface area (Å²) in [6.07, 6.45) is -0.0571. The van der Waals surface area contributed by atoms with Crippen molar-refractivity contribution in [1.29, 1.82) is 0 Å². The number of allylic oxidation sites excluding steroid dienone is 2. The van der Waals surface area contributed by atoms with Gasteiger partial charge in [0.1, 0.15) is 5.56 Å². The van der Waals surface area contributed by atoms with Crippen LogP contribution in [-0.4, -0.2) is 21.7 Å². The van der Waals surface area contributed by atoms with Gasteiger partial charge in [0.25, 0.3) is 0 Å². The van der Waals surface area contributed by atoms with Crippen molar-refractivity contribution < 1.29 is 9.53 Å². The smallest absolute Gasteiger partial charge is 0.223 e. The second-order valence-electron chi connectivity index (χ2n) is 8.56. The van der Waals surface area contributed by atoms with E-state index >= 15 is 0 Å². The molecule has 0 unspecified atom stereocenters. The van der Waals surface area contributed by atoms with Crippen LogP contribution in [0.25, 0.3) is 5.57 Å². The summed E-state index contributed by atoms with van der Waals surface area (Å²) >= 11 is 6.50. The van der Waals surface area contributed by atoms with Crippen molar-refractivity contribution in [2.75, 3.05) is 0 Å². The predicted octanol–water partition coefficient (Wildman–Crippen LogP) is 6.64. The first-order chi connectivity index (χ1) is 13.5. The fourth-order valence-corrected chi connectivity index (χ4v) is 3.75. The fraction of sp³-hybridized carbons (Fsp3) is 0.500. The van der Waals surface area contributed by atoms with E-state index < -0.39 is 0 Å². The molecule has 0 amide bonds. The van der Waals surface area contributed by atoms with E-state index in [0.29, 0.717) is 40.2 Å². The molecule has 0 spiro atoms. The highest BCUT2D eigenvalue weighted by Gasteiger charge is 2.27. The molecule has 2 aromatic rings. The first-order valence-corrected chi connectivity index (χ1v) is 10.6. The fourth-order valence-electron chi connectivity index (χ4n) is 3.40. The van der Waals surface area contributed by atoms with Crippen LogP contribution in [0.5, 0.6) is 5.88 Å². The van der Waals surface area contributed by atoms with E-state index in [1.165, 1.54) is 5.57 Å². The van der Waals surface area contributed by atoms with Gasteiger partial charge in [0.2, 0.25) is 11.7 Å². The van der Waals surface area contributed by atoms with Crippen LogP contribution in [0.2, 0.25) is 5.02 Å². The minimum absolute atomic E-state index is 0.0571. The zero-order chi connectivity index (χ0) is 22.0. The van der Waals surface area contributed by atoms with Gasteiger partial charge in [0, 0.05) is 17.1 Å². The van der Waals surface area contributed by atoms with Gasteiger partial charge in [-0.15, -0.1) is 0 Å². The van der Waals surface area contributed by atoms with Gasteiger partial charge >= 0.3 is 0 Å². The van der Waals surface area contributed by atoms with Crippen LogP contribution in [0.1, 0.15) is 81.2 Å². The molecule has 5 heteroatoms. The maximum atomic E-state index is 13.7. The van der Waals surface area contributed by atoms with Crippen molar-refractivity contribution in [3.05, 3.63) is 50.7 Å². The van der Waals surface area contributed by atoms with Gasteiger partial charge in [-0.25, -0.2) is 4.68 Å². The number of hydrogen-bond acceptors (Lipinski definition) is 3. The molecule has 0 atom stereocenters. The Bertz CT molecular complexity index is 948. The molecule has 4 nitrogen and oxygen atoms in total. The van der Waals surface area contributed by atoms with Gasteiger partial charge in [0.05, 0.1) is 11.8 Å². The highest BCUT2D eigenvalue weighted by atomic mass is 35.5. The van der Waals surface area contributed by atoms with Crippen molar-refractivity contribution in [2.24, 2.45) is 5.92 Å². The maximum Gasteiger partial charge on any atom is 0.223 e. The number of nitrogens with zero attached hydrogens (tertiary/aromatic N) is 2. The summed E-state index contributed by atoms with van der Waals surface area (Å²) in [5.41, 5.74) is 5.92. The molecule has 0 saturated heterocycles. The average molecular weight is 417 g/mol. The Morgan fingerprint density at radius 3 is 2.24 bits per heavy atom. The summed E-state index contributed by atoms with van der Waals surface area (Å²) in [5, 5.41) is 5.27. The van der Waals surface area contributed by atoms with Crippen LogP contribution in [0.4, 0.5) is 0 Å². The van der Waals surface area contributed by atoms with Crippen LogP contribution in [0, 0.1) is 19.8 Å². The standard InChI is InChI=1S/C24H33ClN2O2/c1-13(2)12-27-24(29-15(5)6)22(18(9)26-27)23(28)19-10-11-20(25)21(17(19)8)16(7)14(3)4/h10-11,13,15H,12H2,1-9H3. The lowest BCUT2D eigenvalue weighted by atomic mass is 9.91. The van der Waals surface area contributed by atoms with Crippen LogP contribution >= 0.6 is 11.6 Å². The number of rotatable bonds is 7. The Kier molecular flexibility index (Phi) is 7.34. The molecule has 1 heterocycles. The SMILES string of the molecule is CC(C)=C(C)c1c(Cl)ccc(C(=O)c2c(C)nn(CC(C)C)c2OC(C)C)c1C. The van der Waals surface area contributed by atoms with Gasteiger partial charge in [0.15, 0.2) is 0 Å². The largest absolute Gasteiger partial charge is 0.475 e. The van der Waals surface area contributed by atoms with Gasteiger partial charge in [-0.05, 0) is 83.2 Å². The van der Waals surface area contributed by atoms with Crippen molar-refractivity contribution in [3.8, 4) is 5.88 Å². The Balaban J connectivity index is 2.68. The summed E-state index contributed by atoms with van der Waals surface area (Å²) < 4.78 is 7.88. The van der Waals surface area contributed by atoms with Gasteiger partial charge in [-0.1, -0.05) is 31.0 Å². The van der Waals surface area contributed by atoms with Crippen LogP contribution in [-0.2, 0) is 6.54 Å². The zero-order valence-corrected chi connectivity index (χ0v) is 19.9. The van der Waals surface area contributed by atoms with Crippen LogP contribution in [0.15, 0.2) is 17.7 Å². The highest BCUT2D eigenvalue weighted by molar-refractivity contribution is 6.32. The van der Waals surface area contributed by atoms with Gasteiger partial charge < -0.3 is 4.74 Å². The van der Waals surface area contributed by atoms with E-state index in [1.807, 2.05) is 53.1 Å². The number of hydrogen-bond donors (Lipinski definition) is 0. The summed E-state index contributed by atoms with van der Waals surface area (Å²) in [6, 6.07) is 3.61. The summed E-state index contributed by atoms with van der Waals surface area (Å²) in [5.74, 6) is 0.854. The van der Waals surface area contributed by atoms with E-state index in [2.05, 4.69) is 18.9 Å². The van der Waals surface area contributed by atoms with Crippen molar-refractivity contribution in [3.63, 3.8) is 0 Å². The number of ether oxygens (including phenoxy) is 1. The molecule has 0 aliphatic carbocycles. The molecule has 0 N–H and O–H groups in total. The number of halogens is 1. The maximum absolute atomic E-state index is 13.7. The number of carbonyl (C=O) groups is 1. The lowest BCUT2D eigenvalue weighted by Gasteiger charge is -2.17. The Hall–Kier alpha value is -2.07. The van der Waals surface area contributed by atoms with Gasteiger partial charge in [-0.3, -0.25) is 4.79 Å². The van der Waals surface area contributed by atoms with E-state index in [-0.39, 0.29) is 11.9 Å². The molecular formula is C24H33ClN2O2. The van der Waals surface area contributed by atoms with Crippen LogP contribution in [0.3, 0.4) is 0 Å². The highest BCUT2D eigenvalue weighted by Crippen LogP contribution is 2.34. The number of aromatic nitrogens is 2. The lowest BCUT2D eigenvalue weighted by molar-refractivity contribution is 0.103. The minimum atomic E-state index is -0.0786. The van der Waals surface area contributed by atoms with Crippen molar-refractivity contribution in [1.82, 2.24) is 9.78 Å². The molecule has 0 fully saturated rings. The number of ketones is 1. The third-order valence-electron chi connectivity index (χ3n) is 4.98. The molecule has 0 saturated carbocycles. The first-order valence-electron chi connectivity index (χ1n) is 10.2. The van der Waals surface area contributed by atoms with Crippen LogP contribution < -0.4 is 4.74 Å². The topological polar surface area (TPSA) is 44.1 Å².